The van der Waals surface area contributed by atoms with Gasteiger partial charge in [0.25, 0.3) is 5.91 Å². The minimum atomic E-state index is -1.13. The number of carbonyl (C=O) groups is 2. The lowest BCUT2D eigenvalue weighted by Crippen LogP contribution is -2.44. The standard InChI is InChI=1S/C14H14ClFN2O3/c1-6(2)11(14(20)21)18-13(19)12-10(15)8-5-7(16)3-4-9(8)17-12/h3-6,11,17H,1-2H3,(H,18,19)(H,20,21)/t11-/m1/s1. The maximum Gasteiger partial charge on any atom is 0.326 e. The Morgan fingerprint density at radius 1 is 1.38 bits per heavy atom. The van der Waals surface area contributed by atoms with Crippen molar-refractivity contribution in [3.8, 4) is 0 Å². The van der Waals surface area contributed by atoms with Gasteiger partial charge in [-0.25, -0.2) is 9.18 Å². The van der Waals surface area contributed by atoms with E-state index in [0.717, 1.165) is 0 Å². The lowest BCUT2D eigenvalue weighted by atomic mass is 10.0. The molecule has 1 atom stereocenters. The highest BCUT2D eigenvalue weighted by Crippen LogP contribution is 2.28. The summed E-state index contributed by atoms with van der Waals surface area (Å²) in [4.78, 5) is 26.0. The van der Waals surface area contributed by atoms with E-state index in [9.17, 15) is 14.0 Å². The molecule has 0 radical (unpaired) electrons. The first kappa shape index (κ1) is 15.3. The molecule has 0 saturated carbocycles. The predicted octanol–water partition coefficient (Wildman–Crippen LogP) is 2.80. The monoisotopic (exact) mass is 312 g/mol. The summed E-state index contributed by atoms with van der Waals surface area (Å²) in [5, 5.41) is 11.9. The molecule has 21 heavy (non-hydrogen) atoms. The number of benzene rings is 1. The normalized spacial score (nSPS) is 12.6. The Balaban J connectivity index is 2.35. The molecule has 112 valence electrons. The molecule has 0 spiro atoms. The van der Waals surface area contributed by atoms with E-state index >= 15 is 0 Å². The van der Waals surface area contributed by atoms with Gasteiger partial charge in [0, 0.05) is 10.9 Å². The second-order valence-electron chi connectivity index (χ2n) is 5.04. The van der Waals surface area contributed by atoms with Crippen molar-refractivity contribution in [2.75, 3.05) is 0 Å². The van der Waals surface area contributed by atoms with E-state index in [1.54, 1.807) is 13.8 Å². The van der Waals surface area contributed by atoms with Crippen molar-refractivity contribution >= 4 is 34.4 Å². The van der Waals surface area contributed by atoms with Gasteiger partial charge in [-0.3, -0.25) is 4.79 Å². The Labute approximate surface area is 125 Å². The van der Waals surface area contributed by atoms with E-state index in [4.69, 9.17) is 16.7 Å². The number of carbonyl (C=O) groups excluding carboxylic acids is 1. The van der Waals surface area contributed by atoms with Crippen LogP contribution in [0.15, 0.2) is 18.2 Å². The van der Waals surface area contributed by atoms with Crippen LogP contribution in [-0.2, 0) is 4.79 Å². The predicted molar refractivity (Wildman–Crippen MR) is 77.0 cm³/mol. The summed E-state index contributed by atoms with van der Waals surface area (Å²) >= 11 is 6.06. The molecule has 0 bridgehead atoms. The third-order valence-electron chi connectivity index (χ3n) is 3.14. The van der Waals surface area contributed by atoms with Gasteiger partial charge in [0.05, 0.1) is 5.02 Å². The number of rotatable bonds is 4. The van der Waals surface area contributed by atoms with Gasteiger partial charge in [0.2, 0.25) is 0 Å². The summed E-state index contributed by atoms with van der Waals surface area (Å²) in [6, 6.07) is 2.88. The number of carboxylic acid groups (broad SMARTS) is 1. The first-order valence-corrected chi connectivity index (χ1v) is 6.69. The zero-order valence-electron chi connectivity index (χ0n) is 11.4. The molecule has 0 saturated heterocycles. The number of halogens is 2. The number of amides is 1. The second kappa shape index (κ2) is 5.73. The number of aromatic amines is 1. The van der Waals surface area contributed by atoms with E-state index in [-0.39, 0.29) is 16.6 Å². The van der Waals surface area contributed by atoms with Crippen LogP contribution in [0.3, 0.4) is 0 Å². The van der Waals surface area contributed by atoms with E-state index in [0.29, 0.717) is 10.9 Å². The van der Waals surface area contributed by atoms with Crippen LogP contribution in [0.25, 0.3) is 10.9 Å². The number of aromatic nitrogens is 1. The molecular formula is C14H14ClFN2O3. The summed E-state index contributed by atoms with van der Waals surface area (Å²) < 4.78 is 13.2. The number of fused-ring (bicyclic) bond motifs is 1. The van der Waals surface area contributed by atoms with Crippen molar-refractivity contribution in [2.24, 2.45) is 5.92 Å². The lowest BCUT2D eigenvalue weighted by Gasteiger charge is -2.17. The summed E-state index contributed by atoms with van der Waals surface area (Å²) in [5.74, 6) is -2.53. The summed E-state index contributed by atoms with van der Waals surface area (Å²) in [5.41, 5.74) is 0.520. The van der Waals surface area contributed by atoms with Gasteiger partial charge in [-0.05, 0) is 24.1 Å². The maximum absolute atomic E-state index is 13.2. The first-order chi connectivity index (χ1) is 9.81. The third kappa shape index (κ3) is 3.00. The SMILES string of the molecule is CC(C)[C@@H](NC(=O)c1[nH]c2ccc(F)cc2c1Cl)C(=O)O. The molecule has 1 heterocycles. The second-order valence-corrected chi connectivity index (χ2v) is 5.42. The number of H-pyrrole nitrogens is 1. The Morgan fingerprint density at radius 3 is 2.62 bits per heavy atom. The lowest BCUT2D eigenvalue weighted by molar-refractivity contribution is -0.140. The third-order valence-corrected chi connectivity index (χ3v) is 3.54. The molecule has 5 nitrogen and oxygen atoms in total. The highest BCUT2D eigenvalue weighted by atomic mass is 35.5. The number of hydrogen-bond donors (Lipinski definition) is 3. The van der Waals surface area contributed by atoms with Crippen molar-refractivity contribution < 1.29 is 19.1 Å². The van der Waals surface area contributed by atoms with Crippen LogP contribution in [0.4, 0.5) is 4.39 Å². The molecular weight excluding hydrogens is 299 g/mol. The molecule has 2 aromatic rings. The zero-order valence-corrected chi connectivity index (χ0v) is 12.2. The van der Waals surface area contributed by atoms with Crippen molar-refractivity contribution in [2.45, 2.75) is 19.9 Å². The minimum Gasteiger partial charge on any atom is -0.480 e. The molecule has 7 heteroatoms. The largest absolute Gasteiger partial charge is 0.480 e. The van der Waals surface area contributed by atoms with Crippen LogP contribution in [0.5, 0.6) is 0 Å². The number of nitrogens with one attached hydrogen (secondary N) is 2. The van der Waals surface area contributed by atoms with Gasteiger partial charge in [0.1, 0.15) is 17.6 Å². The van der Waals surface area contributed by atoms with Crippen LogP contribution < -0.4 is 5.32 Å². The summed E-state index contributed by atoms with van der Waals surface area (Å²) in [6.45, 7) is 3.36. The van der Waals surface area contributed by atoms with Gasteiger partial charge in [0.15, 0.2) is 0 Å². The molecule has 3 N–H and O–H groups in total. The molecule has 0 aliphatic rings. The van der Waals surface area contributed by atoms with Crippen molar-refractivity contribution in [1.29, 1.82) is 0 Å². The van der Waals surface area contributed by atoms with Crippen LogP contribution in [-0.4, -0.2) is 28.0 Å². The Morgan fingerprint density at radius 2 is 2.05 bits per heavy atom. The van der Waals surface area contributed by atoms with Crippen molar-refractivity contribution in [3.63, 3.8) is 0 Å². The maximum atomic E-state index is 13.2. The fraction of sp³-hybridized carbons (Fsp3) is 0.286. The fourth-order valence-corrected chi connectivity index (χ4v) is 2.30. The van der Waals surface area contributed by atoms with Gasteiger partial charge in [-0.2, -0.15) is 0 Å². The number of hydrogen-bond acceptors (Lipinski definition) is 2. The molecule has 0 aliphatic heterocycles. The van der Waals surface area contributed by atoms with Crippen molar-refractivity contribution in [3.05, 3.63) is 34.7 Å². The fourth-order valence-electron chi connectivity index (χ4n) is 2.01. The van der Waals surface area contributed by atoms with Gasteiger partial charge < -0.3 is 15.4 Å². The highest BCUT2D eigenvalue weighted by molar-refractivity contribution is 6.38. The van der Waals surface area contributed by atoms with Crippen molar-refractivity contribution in [1.82, 2.24) is 10.3 Å². The summed E-state index contributed by atoms with van der Waals surface area (Å²) in [6.07, 6.45) is 0. The molecule has 0 fully saturated rings. The van der Waals surface area contributed by atoms with E-state index in [1.165, 1.54) is 18.2 Å². The summed E-state index contributed by atoms with van der Waals surface area (Å²) in [7, 11) is 0. The highest BCUT2D eigenvalue weighted by Gasteiger charge is 2.26. The molecule has 1 amide bonds. The van der Waals surface area contributed by atoms with E-state index in [2.05, 4.69) is 10.3 Å². The van der Waals surface area contributed by atoms with Crippen LogP contribution in [0.1, 0.15) is 24.3 Å². The molecule has 0 aliphatic carbocycles. The van der Waals surface area contributed by atoms with Gasteiger partial charge in [-0.15, -0.1) is 0 Å². The minimum absolute atomic E-state index is 0.0177. The van der Waals surface area contributed by atoms with Crippen LogP contribution >= 0.6 is 11.6 Å². The molecule has 1 aromatic heterocycles. The topological polar surface area (TPSA) is 82.2 Å². The first-order valence-electron chi connectivity index (χ1n) is 6.31. The van der Waals surface area contributed by atoms with Crippen LogP contribution in [0, 0.1) is 11.7 Å². The van der Waals surface area contributed by atoms with Gasteiger partial charge in [-0.1, -0.05) is 25.4 Å². The molecule has 1 aromatic carbocycles. The zero-order chi connectivity index (χ0) is 15.7. The number of carboxylic acids is 1. The average molecular weight is 313 g/mol. The van der Waals surface area contributed by atoms with Gasteiger partial charge >= 0.3 is 5.97 Å². The Hall–Kier alpha value is -2.08. The van der Waals surface area contributed by atoms with E-state index in [1.807, 2.05) is 0 Å². The number of aliphatic carboxylic acids is 1. The molecule has 2 rings (SSSR count). The average Bonchev–Trinajstić information content (AvgIpc) is 2.72. The molecule has 0 unspecified atom stereocenters. The Bertz CT molecular complexity index is 712. The smallest absolute Gasteiger partial charge is 0.326 e. The Kier molecular flexibility index (Phi) is 4.18. The van der Waals surface area contributed by atoms with Crippen LogP contribution in [0.2, 0.25) is 5.02 Å². The van der Waals surface area contributed by atoms with E-state index < -0.39 is 23.7 Å². The quantitative estimate of drug-likeness (QED) is 0.812.